The Labute approximate surface area is 85.8 Å². The van der Waals surface area contributed by atoms with E-state index in [-0.39, 0.29) is 24.3 Å². The zero-order valence-electron chi connectivity index (χ0n) is 8.22. The second kappa shape index (κ2) is 4.84. The van der Waals surface area contributed by atoms with Gasteiger partial charge in [-0.3, -0.25) is 4.79 Å². The summed E-state index contributed by atoms with van der Waals surface area (Å²) < 4.78 is 31.1. The number of carbonyl (C=O) groups is 1. The predicted molar refractivity (Wildman–Crippen MR) is 50.9 cm³/mol. The van der Waals surface area contributed by atoms with Crippen LogP contribution in [-0.4, -0.2) is 19.4 Å². The second-order valence-electron chi connectivity index (χ2n) is 2.91. The molecule has 0 amide bonds. The van der Waals surface area contributed by atoms with Crippen LogP contribution in [0.3, 0.4) is 0 Å². The van der Waals surface area contributed by atoms with Gasteiger partial charge in [-0.15, -0.1) is 0 Å². The molecular formula is C10H11F2NO2. The third-order valence-corrected chi connectivity index (χ3v) is 1.94. The molecule has 0 saturated heterocycles. The number of benzene rings is 1. The van der Waals surface area contributed by atoms with Crippen molar-refractivity contribution in [3.8, 4) is 5.75 Å². The van der Waals surface area contributed by atoms with Gasteiger partial charge in [-0.2, -0.15) is 4.39 Å². The molecule has 0 bridgehead atoms. The van der Waals surface area contributed by atoms with E-state index < -0.39 is 17.4 Å². The van der Waals surface area contributed by atoms with Crippen molar-refractivity contribution in [3.63, 3.8) is 0 Å². The Morgan fingerprint density at radius 1 is 1.40 bits per heavy atom. The van der Waals surface area contributed by atoms with Gasteiger partial charge in [0, 0.05) is 6.42 Å². The molecule has 2 N–H and O–H groups in total. The zero-order chi connectivity index (χ0) is 11.4. The molecule has 15 heavy (non-hydrogen) atoms. The van der Waals surface area contributed by atoms with Crippen molar-refractivity contribution in [3.05, 3.63) is 29.3 Å². The largest absolute Gasteiger partial charge is 0.494 e. The topological polar surface area (TPSA) is 52.3 Å². The first-order chi connectivity index (χ1) is 7.11. The number of ketones is 1. The highest BCUT2D eigenvalue weighted by molar-refractivity contribution is 5.96. The lowest BCUT2D eigenvalue weighted by molar-refractivity contribution is 0.0980. The molecule has 0 spiro atoms. The normalized spacial score (nSPS) is 10.1. The highest BCUT2D eigenvalue weighted by Gasteiger charge is 2.18. The van der Waals surface area contributed by atoms with Crippen LogP contribution < -0.4 is 10.5 Å². The van der Waals surface area contributed by atoms with Gasteiger partial charge in [0.25, 0.3) is 0 Å². The first-order valence-corrected chi connectivity index (χ1v) is 4.37. The SMILES string of the molecule is COc1ccc(C(=O)CCN)c(F)c1F. The van der Waals surface area contributed by atoms with E-state index in [1.807, 2.05) is 0 Å². The summed E-state index contributed by atoms with van der Waals surface area (Å²) in [5.41, 5.74) is 4.86. The van der Waals surface area contributed by atoms with Crippen LogP contribution in [0.25, 0.3) is 0 Å². The maximum Gasteiger partial charge on any atom is 0.201 e. The average molecular weight is 215 g/mol. The molecule has 1 aromatic rings. The molecule has 0 aliphatic carbocycles. The summed E-state index contributed by atoms with van der Waals surface area (Å²) in [6.45, 7) is 0.103. The van der Waals surface area contributed by atoms with Gasteiger partial charge in [-0.25, -0.2) is 4.39 Å². The fourth-order valence-electron chi connectivity index (χ4n) is 1.17. The quantitative estimate of drug-likeness (QED) is 0.774. The number of halogens is 2. The van der Waals surface area contributed by atoms with Gasteiger partial charge in [0.1, 0.15) is 0 Å². The van der Waals surface area contributed by atoms with E-state index in [4.69, 9.17) is 5.73 Å². The molecule has 3 nitrogen and oxygen atoms in total. The van der Waals surface area contributed by atoms with Crippen LogP contribution >= 0.6 is 0 Å². The van der Waals surface area contributed by atoms with Crippen molar-refractivity contribution >= 4 is 5.78 Å². The summed E-state index contributed by atoms with van der Waals surface area (Å²) in [6.07, 6.45) is -0.0112. The Kier molecular flexibility index (Phi) is 3.74. The average Bonchev–Trinajstić information content (AvgIpc) is 2.22. The van der Waals surface area contributed by atoms with Crippen molar-refractivity contribution in [2.45, 2.75) is 6.42 Å². The van der Waals surface area contributed by atoms with E-state index in [1.54, 1.807) is 0 Å². The molecule has 1 rings (SSSR count). The summed E-state index contributed by atoms with van der Waals surface area (Å²) in [6, 6.07) is 2.40. The first-order valence-electron chi connectivity index (χ1n) is 4.37. The summed E-state index contributed by atoms with van der Waals surface area (Å²) in [4.78, 5) is 11.3. The lowest BCUT2D eigenvalue weighted by Gasteiger charge is -2.06. The van der Waals surface area contributed by atoms with Crippen LogP contribution in [0.15, 0.2) is 12.1 Å². The minimum absolute atomic E-state index is 0.0112. The van der Waals surface area contributed by atoms with Gasteiger partial charge in [0.15, 0.2) is 17.3 Å². The standard InChI is InChI=1S/C10H11F2NO2/c1-15-8-3-2-6(7(14)4-5-13)9(11)10(8)12/h2-3H,4-5,13H2,1H3. The molecule has 0 fully saturated rings. The predicted octanol–water partition coefficient (Wildman–Crippen LogP) is 1.50. The molecule has 82 valence electrons. The second-order valence-corrected chi connectivity index (χ2v) is 2.91. The minimum Gasteiger partial charge on any atom is -0.494 e. The molecule has 5 heteroatoms. The third kappa shape index (κ3) is 2.30. The van der Waals surface area contributed by atoms with Crippen LogP contribution in [-0.2, 0) is 0 Å². The van der Waals surface area contributed by atoms with E-state index in [2.05, 4.69) is 4.74 Å². The number of nitrogens with two attached hydrogens (primary N) is 1. The first kappa shape index (κ1) is 11.6. The molecule has 0 aliphatic heterocycles. The van der Waals surface area contributed by atoms with Crippen LogP contribution in [0.5, 0.6) is 5.75 Å². The molecule has 0 atom stereocenters. The Balaban J connectivity index is 3.11. The smallest absolute Gasteiger partial charge is 0.201 e. The number of carbonyl (C=O) groups excluding carboxylic acids is 1. The summed E-state index contributed by atoms with van der Waals surface area (Å²) in [5.74, 6) is -3.08. The number of ether oxygens (including phenoxy) is 1. The van der Waals surface area contributed by atoms with E-state index in [9.17, 15) is 13.6 Å². The van der Waals surface area contributed by atoms with Crippen LogP contribution in [0, 0.1) is 11.6 Å². The van der Waals surface area contributed by atoms with Crippen molar-refractivity contribution in [1.82, 2.24) is 0 Å². The van der Waals surface area contributed by atoms with Gasteiger partial charge in [0.05, 0.1) is 12.7 Å². The lowest BCUT2D eigenvalue weighted by Crippen LogP contribution is -2.11. The van der Waals surface area contributed by atoms with Crippen molar-refractivity contribution < 1.29 is 18.3 Å². The maximum atomic E-state index is 13.3. The molecule has 0 radical (unpaired) electrons. The minimum atomic E-state index is -1.19. The van der Waals surface area contributed by atoms with Gasteiger partial charge >= 0.3 is 0 Å². The van der Waals surface area contributed by atoms with Crippen molar-refractivity contribution in [1.29, 1.82) is 0 Å². The third-order valence-electron chi connectivity index (χ3n) is 1.94. The Bertz CT molecular complexity index is 380. The number of hydrogen-bond acceptors (Lipinski definition) is 3. The number of Topliss-reactive ketones (excluding diaryl/α,β-unsaturated/α-hetero) is 1. The van der Waals surface area contributed by atoms with Crippen LogP contribution in [0.4, 0.5) is 8.78 Å². The number of hydrogen-bond donors (Lipinski definition) is 1. The highest BCUT2D eigenvalue weighted by Crippen LogP contribution is 2.22. The van der Waals surface area contributed by atoms with Gasteiger partial charge in [0.2, 0.25) is 5.82 Å². The van der Waals surface area contributed by atoms with Gasteiger partial charge < -0.3 is 10.5 Å². The number of methoxy groups -OCH3 is 1. The zero-order valence-corrected chi connectivity index (χ0v) is 8.22. The van der Waals surface area contributed by atoms with Crippen molar-refractivity contribution in [2.75, 3.05) is 13.7 Å². The fraction of sp³-hybridized carbons (Fsp3) is 0.300. The molecule has 0 aromatic heterocycles. The molecule has 0 saturated carbocycles. The maximum absolute atomic E-state index is 13.3. The summed E-state index contributed by atoms with van der Waals surface area (Å²) in [7, 11) is 1.22. The molecule has 0 aliphatic rings. The molecule has 1 aromatic carbocycles. The fourth-order valence-corrected chi connectivity index (χ4v) is 1.17. The Morgan fingerprint density at radius 3 is 2.60 bits per heavy atom. The van der Waals surface area contributed by atoms with E-state index >= 15 is 0 Å². The lowest BCUT2D eigenvalue weighted by atomic mass is 10.1. The highest BCUT2D eigenvalue weighted by atomic mass is 19.2. The van der Waals surface area contributed by atoms with Crippen LogP contribution in [0.1, 0.15) is 16.8 Å². The summed E-state index contributed by atoms with van der Waals surface area (Å²) >= 11 is 0. The molecule has 0 heterocycles. The van der Waals surface area contributed by atoms with E-state index in [0.29, 0.717) is 0 Å². The van der Waals surface area contributed by atoms with Crippen molar-refractivity contribution in [2.24, 2.45) is 5.73 Å². The summed E-state index contributed by atoms with van der Waals surface area (Å²) in [5, 5.41) is 0. The number of rotatable bonds is 4. The van der Waals surface area contributed by atoms with E-state index in [1.165, 1.54) is 19.2 Å². The van der Waals surface area contributed by atoms with Gasteiger partial charge in [-0.05, 0) is 18.7 Å². The van der Waals surface area contributed by atoms with E-state index in [0.717, 1.165) is 0 Å². The molecule has 0 unspecified atom stereocenters. The van der Waals surface area contributed by atoms with Crippen LogP contribution in [0.2, 0.25) is 0 Å². The Morgan fingerprint density at radius 2 is 2.07 bits per heavy atom. The Hall–Kier alpha value is -1.49. The van der Waals surface area contributed by atoms with Gasteiger partial charge in [-0.1, -0.05) is 0 Å². The monoisotopic (exact) mass is 215 g/mol. The molecular weight excluding hydrogens is 204 g/mol.